The molecule has 8 nitrogen and oxygen atoms in total. The van der Waals surface area contributed by atoms with Crippen LogP contribution in [0.1, 0.15) is 19.8 Å². The zero-order valence-electron chi connectivity index (χ0n) is 24.5. The van der Waals surface area contributed by atoms with Crippen molar-refractivity contribution in [2.45, 2.75) is 96.4 Å². The molecule has 214 valence electrons. The summed E-state index contributed by atoms with van der Waals surface area (Å²) in [6.07, 6.45) is 0.125. The van der Waals surface area contributed by atoms with Gasteiger partial charge in [0.2, 0.25) is 5.91 Å². The van der Waals surface area contributed by atoms with Gasteiger partial charge >= 0.3 is 0 Å². The van der Waals surface area contributed by atoms with E-state index >= 15 is 0 Å². The smallest absolute Gasteiger partial charge is 0.249 e. The standard InChI is InChI=1S/C24H55NO7Si4/c1-21(2)24(28)25(17-22(26)19-29-13-11-15-33(3)31-35(5,6)7)18-23(27)20-30-14-12-16-34(4)32-36(8,9)10/h22-23,26-27,33-34H,1,11-20H2,2-10H3. The zero-order chi connectivity index (χ0) is 27.9. The van der Waals surface area contributed by atoms with Crippen molar-refractivity contribution in [2.24, 2.45) is 0 Å². The Morgan fingerprint density at radius 3 is 1.50 bits per heavy atom. The van der Waals surface area contributed by atoms with Gasteiger partial charge in [-0.2, -0.15) is 0 Å². The number of carbonyl (C=O) groups is 1. The summed E-state index contributed by atoms with van der Waals surface area (Å²) in [5.41, 5.74) is 0.360. The Morgan fingerprint density at radius 2 is 1.19 bits per heavy atom. The Bertz CT molecular complexity index is 589. The molecule has 0 saturated carbocycles. The van der Waals surface area contributed by atoms with E-state index in [1.54, 1.807) is 6.92 Å². The van der Waals surface area contributed by atoms with E-state index in [0.29, 0.717) is 18.8 Å². The molecular weight excluding hydrogens is 527 g/mol. The van der Waals surface area contributed by atoms with E-state index in [1.165, 1.54) is 4.90 Å². The van der Waals surface area contributed by atoms with Gasteiger partial charge in [-0.1, -0.05) is 6.58 Å². The molecule has 4 atom stereocenters. The molecule has 0 aliphatic carbocycles. The summed E-state index contributed by atoms with van der Waals surface area (Å²) in [5.74, 6) is -0.292. The number of aliphatic hydroxyl groups is 2. The molecule has 2 N–H and O–H groups in total. The summed E-state index contributed by atoms with van der Waals surface area (Å²) in [4.78, 5) is 14.0. The van der Waals surface area contributed by atoms with Crippen molar-refractivity contribution in [1.82, 2.24) is 4.90 Å². The maximum atomic E-state index is 12.6. The van der Waals surface area contributed by atoms with Crippen LogP contribution in [0.3, 0.4) is 0 Å². The molecule has 0 aromatic heterocycles. The van der Waals surface area contributed by atoms with E-state index in [4.69, 9.17) is 17.7 Å². The second-order valence-electron chi connectivity index (χ2n) is 11.8. The molecule has 0 rings (SSSR count). The summed E-state index contributed by atoms with van der Waals surface area (Å²) < 4.78 is 23.6. The van der Waals surface area contributed by atoms with Crippen molar-refractivity contribution >= 4 is 40.6 Å². The highest BCUT2D eigenvalue weighted by molar-refractivity contribution is 6.77. The monoisotopic (exact) mass is 581 g/mol. The Kier molecular flexibility index (Phi) is 18.1. The normalized spacial score (nSPS) is 15.9. The SMILES string of the molecule is C=C(C)C(=O)N(CC(O)COCCC[SiH](C)O[Si](C)(C)C)CC(O)COCCC[SiH](C)O[Si](C)(C)C. The molecule has 12 heteroatoms. The second-order valence-corrected chi connectivity index (χ2v) is 26.5. The third-order valence-corrected chi connectivity index (χ3v) is 16.4. The molecule has 0 aromatic carbocycles. The summed E-state index contributed by atoms with van der Waals surface area (Å²) in [6, 6.07) is 2.08. The quantitative estimate of drug-likeness (QED) is 0.122. The van der Waals surface area contributed by atoms with Crippen molar-refractivity contribution in [3.05, 3.63) is 12.2 Å². The fourth-order valence-electron chi connectivity index (χ4n) is 3.83. The van der Waals surface area contributed by atoms with Gasteiger partial charge in [0.25, 0.3) is 0 Å². The molecule has 36 heavy (non-hydrogen) atoms. The predicted octanol–water partition coefficient (Wildman–Crippen LogP) is 3.34. The van der Waals surface area contributed by atoms with Gasteiger partial charge in [0.05, 0.1) is 25.4 Å². The zero-order valence-corrected chi connectivity index (χ0v) is 28.8. The highest BCUT2D eigenvalue weighted by Crippen LogP contribution is 2.11. The minimum atomic E-state index is -1.48. The molecule has 4 unspecified atom stereocenters. The van der Waals surface area contributed by atoms with Gasteiger partial charge in [-0.25, -0.2) is 0 Å². The number of aliphatic hydroxyl groups excluding tert-OH is 2. The van der Waals surface area contributed by atoms with Crippen LogP contribution in [-0.4, -0.2) is 107 Å². The van der Waals surface area contributed by atoms with Gasteiger partial charge in [0.15, 0.2) is 34.7 Å². The molecule has 0 heterocycles. The molecule has 0 aliphatic rings. The van der Waals surface area contributed by atoms with Crippen molar-refractivity contribution in [3.8, 4) is 0 Å². The fraction of sp³-hybridized carbons (Fsp3) is 0.875. The third-order valence-electron chi connectivity index (χ3n) is 5.04. The van der Waals surface area contributed by atoms with Crippen LogP contribution in [0.4, 0.5) is 0 Å². The lowest BCUT2D eigenvalue weighted by atomic mass is 10.2. The molecule has 0 aromatic rings. The number of nitrogens with zero attached hydrogens (tertiary/aromatic N) is 1. The summed E-state index contributed by atoms with van der Waals surface area (Å²) in [5, 5.41) is 20.9. The van der Waals surface area contributed by atoms with E-state index in [0.717, 1.165) is 24.9 Å². The van der Waals surface area contributed by atoms with E-state index in [1.807, 2.05) is 0 Å². The molecule has 0 spiro atoms. The molecule has 0 bridgehead atoms. The van der Waals surface area contributed by atoms with Gasteiger partial charge in [0, 0.05) is 31.9 Å². The van der Waals surface area contributed by atoms with Crippen LogP contribution in [0, 0.1) is 0 Å². The fourth-order valence-corrected chi connectivity index (χ4v) is 15.9. The van der Waals surface area contributed by atoms with Crippen LogP contribution in [0.2, 0.25) is 64.5 Å². The Hall–Kier alpha value is -0.162. The minimum Gasteiger partial charge on any atom is -0.458 e. The Labute approximate surface area is 226 Å². The lowest BCUT2D eigenvalue weighted by Gasteiger charge is -2.28. The van der Waals surface area contributed by atoms with E-state index in [9.17, 15) is 15.0 Å². The maximum Gasteiger partial charge on any atom is 0.249 e. The first kappa shape index (κ1) is 35.8. The Balaban J connectivity index is 4.34. The number of amides is 1. The lowest BCUT2D eigenvalue weighted by molar-refractivity contribution is -0.131. The molecular formula is C24H55NO7Si4. The predicted molar refractivity (Wildman–Crippen MR) is 159 cm³/mol. The number of hydrogen-bond donors (Lipinski definition) is 2. The van der Waals surface area contributed by atoms with Gasteiger partial charge in [0.1, 0.15) is 0 Å². The van der Waals surface area contributed by atoms with Crippen LogP contribution >= 0.6 is 0 Å². The first-order valence-electron chi connectivity index (χ1n) is 13.3. The topological polar surface area (TPSA) is 97.7 Å². The number of carbonyl (C=O) groups excluding carboxylic acids is 1. The van der Waals surface area contributed by atoms with Crippen molar-refractivity contribution in [1.29, 1.82) is 0 Å². The lowest BCUT2D eigenvalue weighted by Crippen LogP contribution is -2.44. The number of ether oxygens (including phenoxy) is 2. The van der Waals surface area contributed by atoms with Gasteiger partial charge in [-0.15, -0.1) is 0 Å². The van der Waals surface area contributed by atoms with Gasteiger partial charge < -0.3 is 32.8 Å². The number of hydrogen-bond acceptors (Lipinski definition) is 7. The van der Waals surface area contributed by atoms with Crippen LogP contribution in [-0.2, 0) is 22.5 Å². The number of rotatable bonds is 21. The van der Waals surface area contributed by atoms with Crippen LogP contribution in [0.5, 0.6) is 0 Å². The Morgan fingerprint density at radius 1 is 0.833 bits per heavy atom. The first-order chi connectivity index (χ1) is 16.5. The second kappa shape index (κ2) is 18.2. The summed E-state index contributed by atoms with van der Waals surface area (Å²) in [7, 11) is -5.31. The minimum absolute atomic E-state index is 0.0732. The highest BCUT2D eigenvalue weighted by Gasteiger charge is 2.22. The molecule has 0 fully saturated rings. The molecule has 0 radical (unpaired) electrons. The largest absolute Gasteiger partial charge is 0.458 e. The summed E-state index contributed by atoms with van der Waals surface area (Å²) >= 11 is 0. The average Bonchev–Trinajstić information content (AvgIpc) is 2.69. The molecule has 1 amide bonds. The molecule has 0 aliphatic heterocycles. The van der Waals surface area contributed by atoms with Crippen molar-refractivity contribution in [3.63, 3.8) is 0 Å². The third kappa shape index (κ3) is 20.8. The first-order valence-corrected chi connectivity index (χ1v) is 25.0. The highest BCUT2D eigenvalue weighted by atomic mass is 28.4. The van der Waals surface area contributed by atoms with Gasteiger partial charge in [-0.05, 0) is 84.2 Å². The van der Waals surface area contributed by atoms with Crippen LogP contribution in [0.25, 0.3) is 0 Å². The average molecular weight is 582 g/mol. The van der Waals surface area contributed by atoms with E-state index < -0.39 is 46.9 Å². The van der Waals surface area contributed by atoms with Crippen molar-refractivity contribution in [2.75, 3.05) is 39.5 Å². The molecule has 0 saturated heterocycles. The van der Waals surface area contributed by atoms with E-state index in [2.05, 4.69) is 59.0 Å². The van der Waals surface area contributed by atoms with Crippen LogP contribution in [0.15, 0.2) is 12.2 Å². The van der Waals surface area contributed by atoms with Gasteiger partial charge in [-0.3, -0.25) is 4.79 Å². The maximum absolute atomic E-state index is 12.6. The van der Waals surface area contributed by atoms with Crippen LogP contribution < -0.4 is 0 Å². The summed E-state index contributed by atoms with van der Waals surface area (Å²) in [6.45, 7) is 24.5. The van der Waals surface area contributed by atoms with Crippen molar-refractivity contribution < 1.29 is 32.7 Å². The van der Waals surface area contributed by atoms with E-state index in [-0.39, 0.29) is 32.2 Å².